The molecule has 0 unspecified atom stereocenters. The largest absolute Gasteiger partial charge is 0.394 e. The van der Waals surface area contributed by atoms with Crippen molar-refractivity contribution in [1.29, 1.82) is 0 Å². The van der Waals surface area contributed by atoms with Gasteiger partial charge in [0.15, 0.2) is 0 Å². The van der Waals surface area contributed by atoms with Crippen LogP contribution in [0.15, 0.2) is 0 Å². The number of hydrogen-bond acceptors (Lipinski definition) is 5. The first-order valence-corrected chi connectivity index (χ1v) is 3.91. The van der Waals surface area contributed by atoms with Gasteiger partial charge in [0.05, 0.1) is 26.4 Å². The standard InChI is InChI=1S/C7H16O5/c1-2-10-7(11-5-3-8)12-6-4-9/h7-9H,2-6H2,1H3. The third-order valence-electron chi connectivity index (χ3n) is 0.993. The lowest BCUT2D eigenvalue weighted by atomic mass is 10.8. The van der Waals surface area contributed by atoms with E-state index < -0.39 is 6.48 Å². The second-order valence-corrected chi connectivity index (χ2v) is 1.93. The van der Waals surface area contributed by atoms with Gasteiger partial charge < -0.3 is 24.4 Å². The Morgan fingerprint density at radius 2 is 1.50 bits per heavy atom. The number of ether oxygens (including phenoxy) is 3. The van der Waals surface area contributed by atoms with E-state index in [0.717, 1.165) is 0 Å². The van der Waals surface area contributed by atoms with Crippen LogP contribution in [0.3, 0.4) is 0 Å². The maximum Gasteiger partial charge on any atom is 0.271 e. The molecule has 12 heavy (non-hydrogen) atoms. The van der Waals surface area contributed by atoms with Gasteiger partial charge in [0.2, 0.25) is 0 Å². The van der Waals surface area contributed by atoms with Gasteiger partial charge in [0.25, 0.3) is 6.48 Å². The summed E-state index contributed by atoms with van der Waals surface area (Å²) in [4.78, 5) is 0. The maximum atomic E-state index is 8.42. The molecular weight excluding hydrogens is 164 g/mol. The van der Waals surface area contributed by atoms with Gasteiger partial charge in [-0.05, 0) is 6.92 Å². The lowest BCUT2D eigenvalue weighted by molar-refractivity contribution is -0.289. The van der Waals surface area contributed by atoms with Crippen molar-refractivity contribution in [2.45, 2.75) is 13.4 Å². The van der Waals surface area contributed by atoms with Crippen LogP contribution in [-0.2, 0) is 14.2 Å². The quantitative estimate of drug-likeness (QED) is 0.485. The van der Waals surface area contributed by atoms with E-state index in [1.165, 1.54) is 0 Å². The van der Waals surface area contributed by atoms with Crippen LogP contribution < -0.4 is 0 Å². The Balaban J connectivity index is 3.40. The van der Waals surface area contributed by atoms with Crippen LogP contribution in [0.5, 0.6) is 0 Å². The monoisotopic (exact) mass is 180 g/mol. The summed E-state index contributed by atoms with van der Waals surface area (Å²) in [7, 11) is 0. The zero-order valence-electron chi connectivity index (χ0n) is 7.23. The molecule has 0 aliphatic heterocycles. The average Bonchev–Trinajstić information content (AvgIpc) is 2.10. The Morgan fingerprint density at radius 1 is 1.00 bits per heavy atom. The number of rotatable bonds is 8. The van der Waals surface area contributed by atoms with E-state index in [4.69, 9.17) is 24.4 Å². The van der Waals surface area contributed by atoms with Gasteiger partial charge >= 0.3 is 0 Å². The van der Waals surface area contributed by atoms with Crippen molar-refractivity contribution in [1.82, 2.24) is 0 Å². The van der Waals surface area contributed by atoms with Gasteiger partial charge in [-0.2, -0.15) is 0 Å². The van der Waals surface area contributed by atoms with E-state index in [-0.39, 0.29) is 26.4 Å². The normalized spacial score (nSPS) is 11.0. The fourth-order valence-corrected chi connectivity index (χ4v) is 0.578. The van der Waals surface area contributed by atoms with Crippen molar-refractivity contribution in [2.75, 3.05) is 33.0 Å². The van der Waals surface area contributed by atoms with Crippen LogP contribution in [0, 0.1) is 0 Å². The molecule has 0 radical (unpaired) electrons. The van der Waals surface area contributed by atoms with Gasteiger partial charge in [-0.1, -0.05) is 0 Å². The lowest BCUT2D eigenvalue weighted by Crippen LogP contribution is -2.24. The Kier molecular flexibility index (Phi) is 8.74. The molecule has 0 atom stereocenters. The Labute approximate surface area is 71.9 Å². The molecular formula is C7H16O5. The Bertz CT molecular complexity index is 79.9. The summed E-state index contributed by atoms with van der Waals surface area (Å²) in [6.45, 7) is 1.65. The topological polar surface area (TPSA) is 68.2 Å². The van der Waals surface area contributed by atoms with Gasteiger partial charge in [-0.25, -0.2) is 0 Å². The molecule has 0 saturated heterocycles. The summed E-state index contributed by atoms with van der Waals surface area (Å²) < 4.78 is 14.8. The molecule has 0 rings (SSSR count). The Hall–Kier alpha value is -0.200. The molecule has 0 amide bonds. The van der Waals surface area contributed by atoms with Crippen LogP contribution in [-0.4, -0.2) is 49.7 Å². The van der Waals surface area contributed by atoms with Gasteiger partial charge in [0.1, 0.15) is 0 Å². The highest BCUT2D eigenvalue weighted by Gasteiger charge is 2.07. The fraction of sp³-hybridized carbons (Fsp3) is 1.00. The molecule has 5 heteroatoms. The highest BCUT2D eigenvalue weighted by atomic mass is 16.8. The third kappa shape index (κ3) is 6.51. The molecule has 0 aliphatic carbocycles. The maximum absolute atomic E-state index is 8.42. The van der Waals surface area contributed by atoms with Crippen molar-refractivity contribution in [3.8, 4) is 0 Å². The zero-order valence-corrected chi connectivity index (χ0v) is 7.23. The van der Waals surface area contributed by atoms with Crippen molar-refractivity contribution in [3.05, 3.63) is 0 Å². The molecule has 0 aromatic heterocycles. The summed E-state index contributed by atoms with van der Waals surface area (Å²) in [5, 5.41) is 16.8. The molecule has 0 fully saturated rings. The van der Waals surface area contributed by atoms with Gasteiger partial charge in [-0.3, -0.25) is 0 Å². The van der Waals surface area contributed by atoms with Crippen LogP contribution in [0.1, 0.15) is 6.92 Å². The summed E-state index contributed by atoms with van der Waals surface area (Å²) >= 11 is 0. The second-order valence-electron chi connectivity index (χ2n) is 1.93. The molecule has 0 spiro atoms. The first-order chi connectivity index (χ1) is 5.85. The average molecular weight is 180 g/mol. The van der Waals surface area contributed by atoms with E-state index in [0.29, 0.717) is 6.61 Å². The fourth-order valence-electron chi connectivity index (χ4n) is 0.578. The molecule has 0 aliphatic rings. The summed E-state index contributed by atoms with van der Waals surface area (Å²) in [6, 6.07) is 0. The number of aliphatic hydroxyl groups excluding tert-OH is 2. The van der Waals surface area contributed by atoms with Crippen molar-refractivity contribution >= 4 is 0 Å². The molecule has 74 valence electrons. The van der Waals surface area contributed by atoms with E-state index >= 15 is 0 Å². The second kappa shape index (κ2) is 8.89. The molecule has 0 heterocycles. The highest BCUT2D eigenvalue weighted by Crippen LogP contribution is 1.96. The van der Waals surface area contributed by atoms with E-state index in [9.17, 15) is 0 Å². The predicted octanol–water partition coefficient (Wildman–Crippen LogP) is -0.676. The smallest absolute Gasteiger partial charge is 0.271 e. The minimum absolute atomic E-state index is 0.0773. The lowest BCUT2D eigenvalue weighted by Gasteiger charge is -2.16. The van der Waals surface area contributed by atoms with Crippen molar-refractivity contribution in [3.63, 3.8) is 0 Å². The highest BCUT2D eigenvalue weighted by molar-refractivity contribution is 4.29. The SMILES string of the molecule is CCOC(OCCO)OCCO. The van der Waals surface area contributed by atoms with Gasteiger partial charge in [-0.15, -0.1) is 0 Å². The predicted molar refractivity (Wildman–Crippen MR) is 41.5 cm³/mol. The minimum Gasteiger partial charge on any atom is -0.394 e. The van der Waals surface area contributed by atoms with Crippen LogP contribution >= 0.6 is 0 Å². The molecule has 0 aromatic carbocycles. The molecule has 5 nitrogen and oxygen atoms in total. The van der Waals surface area contributed by atoms with Crippen LogP contribution in [0.4, 0.5) is 0 Å². The van der Waals surface area contributed by atoms with Crippen LogP contribution in [0.25, 0.3) is 0 Å². The minimum atomic E-state index is -0.783. The first kappa shape index (κ1) is 11.8. The van der Waals surface area contributed by atoms with E-state index in [1.807, 2.05) is 0 Å². The molecule has 0 saturated carbocycles. The first-order valence-electron chi connectivity index (χ1n) is 3.91. The van der Waals surface area contributed by atoms with Gasteiger partial charge in [0, 0.05) is 6.61 Å². The summed E-state index contributed by atoms with van der Waals surface area (Å²) in [5.74, 6) is 0. The molecule has 0 bridgehead atoms. The van der Waals surface area contributed by atoms with Crippen molar-refractivity contribution in [2.24, 2.45) is 0 Å². The van der Waals surface area contributed by atoms with Crippen LogP contribution in [0.2, 0.25) is 0 Å². The zero-order chi connectivity index (χ0) is 9.23. The third-order valence-corrected chi connectivity index (χ3v) is 0.993. The molecule has 0 aromatic rings. The van der Waals surface area contributed by atoms with Crippen molar-refractivity contribution < 1.29 is 24.4 Å². The van der Waals surface area contributed by atoms with E-state index in [1.54, 1.807) is 6.92 Å². The molecule has 2 N–H and O–H groups in total. The summed E-state index contributed by atoms with van der Waals surface area (Å²) in [5.41, 5.74) is 0. The number of hydrogen-bond donors (Lipinski definition) is 2. The summed E-state index contributed by atoms with van der Waals surface area (Å²) in [6.07, 6.45) is 0. The Morgan fingerprint density at radius 3 is 1.83 bits per heavy atom. The number of aliphatic hydroxyl groups is 2. The van der Waals surface area contributed by atoms with E-state index in [2.05, 4.69) is 0 Å².